The number of carbonyl (C=O) groups is 1. The van der Waals surface area contributed by atoms with E-state index in [4.69, 9.17) is 9.47 Å². The van der Waals surface area contributed by atoms with Crippen LogP contribution in [-0.4, -0.2) is 17.0 Å². The summed E-state index contributed by atoms with van der Waals surface area (Å²) in [6.45, 7) is 7.73. The number of ether oxygens (including phenoxy) is 2. The van der Waals surface area contributed by atoms with Crippen LogP contribution in [0.5, 0.6) is 5.75 Å². The van der Waals surface area contributed by atoms with Crippen molar-refractivity contribution >= 4 is 5.78 Å². The minimum atomic E-state index is -1.06. The quantitative estimate of drug-likeness (QED) is 0.460. The Morgan fingerprint density at radius 2 is 1.80 bits per heavy atom. The monoisotopic (exact) mass is 403 g/mol. The molecule has 1 atom stereocenters. The normalized spacial score (nSPS) is 17.9. The van der Waals surface area contributed by atoms with Crippen LogP contribution >= 0.6 is 0 Å². The maximum absolute atomic E-state index is 13.7. The van der Waals surface area contributed by atoms with E-state index >= 15 is 0 Å². The molecule has 156 valence electrons. The van der Waals surface area contributed by atoms with Gasteiger partial charge in [0.15, 0.2) is 5.60 Å². The Morgan fingerprint density at radius 3 is 2.53 bits per heavy atom. The first kappa shape index (κ1) is 20.4. The van der Waals surface area contributed by atoms with Gasteiger partial charge in [-0.15, -0.1) is 0 Å². The molecule has 0 saturated carbocycles. The van der Waals surface area contributed by atoms with Crippen LogP contribution in [0, 0.1) is 5.92 Å². The summed E-state index contributed by atoms with van der Waals surface area (Å²) in [5, 5.41) is 0. The van der Waals surface area contributed by atoms with E-state index in [1.807, 2.05) is 78.4 Å². The Kier molecular flexibility index (Phi) is 5.78. The van der Waals surface area contributed by atoms with Gasteiger partial charge < -0.3 is 14.0 Å². The molecule has 0 bridgehead atoms. The number of hydrogen-bond donors (Lipinski definition) is 0. The number of aromatic nitrogens is 1. The van der Waals surface area contributed by atoms with E-state index in [9.17, 15) is 4.79 Å². The van der Waals surface area contributed by atoms with E-state index in [-0.39, 0.29) is 5.78 Å². The molecule has 1 aromatic heterocycles. The SMILES string of the molecule is CCC1(c2ccc(COCCC(C)C)cc2)Oc2ccccc2-n2cccc2C1=O. The molecule has 0 saturated heterocycles. The van der Waals surface area contributed by atoms with Crippen molar-refractivity contribution in [1.29, 1.82) is 0 Å². The Hall–Kier alpha value is -2.85. The van der Waals surface area contributed by atoms with Crippen LogP contribution < -0.4 is 4.74 Å². The van der Waals surface area contributed by atoms with Crippen molar-refractivity contribution in [2.24, 2.45) is 5.92 Å². The lowest BCUT2D eigenvalue weighted by molar-refractivity contribution is 0.0424. The highest BCUT2D eigenvalue weighted by Gasteiger charge is 2.45. The maximum Gasteiger partial charge on any atom is 0.227 e. The summed E-state index contributed by atoms with van der Waals surface area (Å²) in [5.41, 5.74) is 2.43. The van der Waals surface area contributed by atoms with Crippen LogP contribution in [0.15, 0.2) is 66.9 Å². The van der Waals surface area contributed by atoms with Crippen LogP contribution in [0.25, 0.3) is 5.69 Å². The van der Waals surface area contributed by atoms with Gasteiger partial charge in [0.2, 0.25) is 5.78 Å². The van der Waals surface area contributed by atoms with Crippen molar-refractivity contribution in [1.82, 2.24) is 4.57 Å². The van der Waals surface area contributed by atoms with Gasteiger partial charge in [-0.2, -0.15) is 0 Å². The lowest BCUT2D eigenvalue weighted by atomic mass is 9.84. The summed E-state index contributed by atoms with van der Waals surface area (Å²) in [7, 11) is 0. The molecular weight excluding hydrogens is 374 g/mol. The fourth-order valence-corrected chi connectivity index (χ4v) is 3.97. The fraction of sp³-hybridized carbons (Fsp3) is 0.346. The van der Waals surface area contributed by atoms with E-state index in [1.165, 1.54) is 0 Å². The summed E-state index contributed by atoms with van der Waals surface area (Å²) in [6.07, 6.45) is 3.51. The topological polar surface area (TPSA) is 40.5 Å². The molecular formula is C26H29NO3. The van der Waals surface area contributed by atoms with Crippen LogP contribution in [0.1, 0.15) is 55.2 Å². The van der Waals surface area contributed by atoms with Crippen molar-refractivity contribution in [3.63, 3.8) is 0 Å². The Balaban J connectivity index is 1.66. The van der Waals surface area contributed by atoms with Gasteiger partial charge in [-0.1, -0.05) is 57.2 Å². The zero-order valence-electron chi connectivity index (χ0n) is 17.9. The van der Waals surface area contributed by atoms with Gasteiger partial charge in [0.25, 0.3) is 0 Å². The zero-order valence-corrected chi connectivity index (χ0v) is 17.9. The number of benzene rings is 2. The molecule has 0 aliphatic carbocycles. The Labute approximate surface area is 178 Å². The summed E-state index contributed by atoms with van der Waals surface area (Å²) in [4.78, 5) is 13.7. The second-order valence-electron chi connectivity index (χ2n) is 8.27. The standard InChI is InChI=1S/C26H29NO3/c1-4-26(21-13-11-20(12-14-21)18-29-17-15-19(2)3)25(28)23-9-7-16-27(23)22-8-5-6-10-24(22)30-26/h5-14,16,19H,4,15,17-18H2,1-3H3. The van der Waals surface area contributed by atoms with Gasteiger partial charge in [0, 0.05) is 18.4 Å². The molecule has 3 aromatic rings. The van der Waals surface area contributed by atoms with Crippen molar-refractivity contribution in [2.75, 3.05) is 6.61 Å². The van der Waals surface area contributed by atoms with E-state index in [0.717, 1.165) is 29.8 Å². The van der Waals surface area contributed by atoms with Gasteiger partial charge in [-0.05, 0) is 48.6 Å². The fourth-order valence-electron chi connectivity index (χ4n) is 3.97. The van der Waals surface area contributed by atoms with Gasteiger partial charge in [-0.25, -0.2) is 0 Å². The number of carbonyl (C=O) groups excluding carboxylic acids is 1. The van der Waals surface area contributed by atoms with Crippen molar-refractivity contribution in [3.8, 4) is 11.4 Å². The molecule has 4 nitrogen and oxygen atoms in total. The van der Waals surface area contributed by atoms with Crippen LogP contribution in [0.3, 0.4) is 0 Å². The third-order valence-electron chi connectivity index (χ3n) is 5.78. The second kappa shape index (κ2) is 8.49. The number of para-hydroxylation sites is 2. The zero-order chi connectivity index (χ0) is 21.1. The average molecular weight is 404 g/mol. The lowest BCUT2D eigenvalue weighted by Gasteiger charge is -2.31. The molecule has 0 radical (unpaired) electrons. The molecule has 2 aromatic carbocycles. The third kappa shape index (κ3) is 3.68. The van der Waals surface area contributed by atoms with Crippen molar-refractivity contribution in [2.45, 2.75) is 45.8 Å². The number of Topliss-reactive ketones (excluding diaryl/α,β-unsaturated/α-hetero) is 1. The van der Waals surface area contributed by atoms with E-state index in [1.54, 1.807) is 0 Å². The van der Waals surface area contributed by atoms with Gasteiger partial charge >= 0.3 is 0 Å². The number of ketones is 1. The molecule has 4 heteroatoms. The van der Waals surface area contributed by atoms with E-state index in [0.29, 0.717) is 30.4 Å². The number of hydrogen-bond acceptors (Lipinski definition) is 3. The molecule has 1 aliphatic rings. The first-order valence-corrected chi connectivity index (χ1v) is 10.7. The second-order valence-corrected chi connectivity index (χ2v) is 8.27. The molecule has 30 heavy (non-hydrogen) atoms. The highest BCUT2D eigenvalue weighted by Crippen LogP contribution is 2.41. The molecule has 0 N–H and O–H groups in total. The Morgan fingerprint density at radius 1 is 1.03 bits per heavy atom. The van der Waals surface area contributed by atoms with Crippen LogP contribution in [0.2, 0.25) is 0 Å². The van der Waals surface area contributed by atoms with Gasteiger partial charge in [0.05, 0.1) is 18.0 Å². The largest absolute Gasteiger partial charge is 0.472 e. The summed E-state index contributed by atoms with van der Waals surface area (Å²) < 4.78 is 14.2. The molecule has 1 aliphatic heterocycles. The smallest absolute Gasteiger partial charge is 0.227 e. The van der Waals surface area contributed by atoms with Crippen LogP contribution in [0.4, 0.5) is 0 Å². The minimum absolute atomic E-state index is 0.0212. The van der Waals surface area contributed by atoms with Crippen molar-refractivity contribution in [3.05, 3.63) is 83.7 Å². The average Bonchev–Trinajstić information content (AvgIpc) is 3.21. The molecule has 0 fully saturated rings. The molecule has 0 amide bonds. The lowest BCUT2D eigenvalue weighted by Crippen LogP contribution is -2.41. The van der Waals surface area contributed by atoms with Gasteiger partial charge in [0.1, 0.15) is 5.75 Å². The van der Waals surface area contributed by atoms with Gasteiger partial charge in [-0.3, -0.25) is 4.79 Å². The minimum Gasteiger partial charge on any atom is -0.472 e. The van der Waals surface area contributed by atoms with E-state index < -0.39 is 5.60 Å². The molecule has 0 spiro atoms. The maximum atomic E-state index is 13.7. The summed E-state index contributed by atoms with van der Waals surface area (Å²) >= 11 is 0. The van der Waals surface area contributed by atoms with Crippen LogP contribution in [-0.2, 0) is 16.9 Å². The van der Waals surface area contributed by atoms with E-state index in [2.05, 4.69) is 13.8 Å². The molecule has 1 unspecified atom stereocenters. The third-order valence-corrected chi connectivity index (χ3v) is 5.78. The summed E-state index contributed by atoms with van der Waals surface area (Å²) in [5.74, 6) is 1.33. The predicted octanol–water partition coefficient (Wildman–Crippen LogP) is 5.92. The predicted molar refractivity (Wildman–Crippen MR) is 118 cm³/mol. The Bertz CT molecular complexity index is 1020. The summed E-state index contributed by atoms with van der Waals surface area (Å²) in [6, 6.07) is 19.7. The highest BCUT2D eigenvalue weighted by molar-refractivity contribution is 6.03. The number of nitrogens with zero attached hydrogens (tertiary/aromatic N) is 1. The number of fused-ring (bicyclic) bond motifs is 3. The number of rotatable bonds is 7. The highest BCUT2D eigenvalue weighted by atomic mass is 16.5. The first-order chi connectivity index (χ1) is 14.5. The van der Waals surface area contributed by atoms with Crippen molar-refractivity contribution < 1.29 is 14.3 Å². The first-order valence-electron chi connectivity index (χ1n) is 10.7. The molecule has 2 heterocycles. The molecule has 4 rings (SSSR count).